The van der Waals surface area contributed by atoms with Crippen LogP contribution in [0.4, 0.5) is 0 Å². The van der Waals surface area contributed by atoms with Crippen molar-refractivity contribution in [3.63, 3.8) is 0 Å². The number of benzene rings is 1. The van der Waals surface area contributed by atoms with E-state index in [-0.39, 0.29) is 12.0 Å². The predicted octanol–water partition coefficient (Wildman–Crippen LogP) is 4.25. The fourth-order valence-electron chi connectivity index (χ4n) is 3.38. The molecule has 0 radical (unpaired) electrons. The summed E-state index contributed by atoms with van der Waals surface area (Å²) in [5.74, 6) is 0.900. The van der Waals surface area contributed by atoms with E-state index in [2.05, 4.69) is 5.16 Å². The van der Waals surface area contributed by atoms with Gasteiger partial charge in [-0.25, -0.2) is 8.42 Å². The lowest BCUT2D eigenvalue weighted by Gasteiger charge is -2.23. The number of hydrogen-bond donors (Lipinski definition) is 0. The molecule has 2 heterocycles. The minimum Gasteiger partial charge on any atom is -0.359 e. The van der Waals surface area contributed by atoms with Crippen LogP contribution in [-0.4, -0.2) is 24.4 Å². The van der Waals surface area contributed by atoms with Gasteiger partial charge in [0.1, 0.15) is 0 Å². The molecule has 0 saturated carbocycles. The monoisotopic (exact) mass is 362 g/mol. The Hall–Kier alpha value is -1.66. The van der Waals surface area contributed by atoms with Crippen LogP contribution in [0.1, 0.15) is 66.8 Å². The van der Waals surface area contributed by atoms with Crippen LogP contribution in [0.3, 0.4) is 0 Å². The molecule has 25 heavy (non-hydrogen) atoms. The summed E-state index contributed by atoms with van der Waals surface area (Å²) in [7, 11) is -3.57. The third kappa shape index (κ3) is 3.25. The molecule has 0 unspecified atom stereocenters. The van der Waals surface area contributed by atoms with Gasteiger partial charge in [0.15, 0.2) is 5.76 Å². The van der Waals surface area contributed by atoms with Gasteiger partial charge in [0.2, 0.25) is 10.0 Å². The van der Waals surface area contributed by atoms with Crippen LogP contribution in [-0.2, 0) is 10.0 Å². The first-order valence-electron chi connectivity index (χ1n) is 8.78. The maximum atomic E-state index is 13.3. The third-order valence-electron chi connectivity index (χ3n) is 5.05. The van der Waals surface area contributed by atoms with Crippen molar-refractivity contribution in [2.24, 2.45) is 0 Å². The molecule has 0 amide bonds. The fourth-order valence-corrected chi connectivity index (χ4v) is 5.34. The molecule has 6 heteroatoms. The molecule has 1 aromatic carbocycles. The molecule has 1 fully saturated rings. The van der Waals surface area contributed by atoms with Gasteiger partial charge in [-0.15, -0.1) is 0 Å². The molecule has 3 rings (SSSR count). The summed E-state index contributed by atoms with van der Waals surface area (Å²) in [4.78, 5) is 0.395. The zero-order chi connectivity index (χ0) is 18.4. The Bertz CT molecular complexity index is 884. The maximum absolute atomic E-state index is 13.3. The molecular weight excluding hydrogens is 336 g/mol. The Labute approximate surface area is 150 Å². The summed E-state index contributed by atoms with van der Waals surface area (Å²) < 4.78 is 33.7. The van der Waals surface area contributed by atoms with Crippen LogP contribution < -0.4 is 0 Å². The number of hydrogen-bond acceptors (Lipinski definition) is 4. The Balaban J connectivity index is 2.00. The lowest BCUT2D eigenvalue weighted by Crippen LogP contribution is -2.31. The van der Waals surface area contributed by atoms with Crippen LogP contribution in [0.15, 0.2) is 27.6 Å². The standard InChI is InChI=1S/C19H26N2O3S/c1-12(2)16-11-18(24-20-16)17-7-6-8-21(17)25(22,23)19-10-14(4)13(3)9-15(19)5/h9-12,17H,6-8H2,1-5H3/t17-/m1/s1. The van der Waals surface area contributed by atoms with Crippen LogP contribution >= 0.6 is 0 Å². The van der Waals surface area contributed by atoms with Crippen molar-refractivity contribution >= 4 is 10.0 Å². The van der Waals surface area contributed by atoms with Gasteiger partial charge < -0.3 is 4.52 Å². The van der Waals surface area contributed by atoms with Gasteiger partial charge in [-0.1, -0.05) is 25.1 Å². The summed E-state index contributed by atoms with van der Waals surface area (Å²) in [6, 6.07) is 5.36. The second kappa shape index (κ2) is 6.57. The highest BCUT2D eigenvalue weighted by Gasteiger charge is 2.39. The second-order valence-electron chi connectivity index (χ2n) is 7.28. The Morgan fingerprint density at radius 3 is 2.44 bits per heavy atom. The van der Waals surface area contributed by atoms with Crippen molar-refractivity contribution < 1.29 is 12.9 Å². The Kier molecular flexibility index (Phi) is 4.77. The Morgan fingerprint density at radius 2 is 1.80 bits per heavy atom. The number of nitrogens with zero attached hydrogens (tertiary/aromatic N) is 2. The highest BCUT2D eigenvalue weighted by molar-refractivity contribution is 7.89. The largest absolute Gasteiger partial charge is 0.359 e. The van der Waals surface area contributed by atoms with Crippen molar-refractivity contribution in [2.45, 2.75) is 64.3 Å². The Morgan fingerprint density at radius 1 is 1.12 bits per heavy atom. The van der Waals surface area contributed by atoms with Crippen LogP contribution in [0, 0.1) is 20.8 Å². The topological polar surface area (TPSA) is 63.4 Å². The van der Waals surface area contributed by atoms with Crippen LogP contribution in [0.25, 0.3) is 0 Å². The molecule has 136 valence electrons. The molecule has 1 aliphatic rings. The van der Waals surface area contributed by atoms with E-state index in [9.17, 15) is 8.42 Å². The van der Waals surface area contributed by atoms with E-state index in [1.807, 2.05) is 46.8 Å². The van der Waals surface area contributed by atoms with Crippen molar-refractivity contribution in [1.29, 1.82) is 0 Å². The van der Waals surface area contributed by atoms with E-state index >= 15 is 0 Å². The highest BCUT2D eigenvalue weighted by atomic mass is 32.2. The first kappa shape index (κ1) is 18.1. The summed E-state index contributed by atoms with van der Waals surface area (Å²) in [5, 5.41) is 4.10. The second-order valence-corrected chi connectivity index (χ2v) is 9.14. The molecule has 1 saturated heterocycles. The van der Waals surface area contributed by atoms with Crippen LogP contribution in [0.2, 0.25) is 0 Å². The fraction of sp³-hybridized carbons (Fsp3) is 0.526. The third-order valence-corrected chi connectivity index (χ3v) is 7.10. The molecule has 0 N–H and O–H groups in total. The maximum Gasteiger partial charge on any atom is 0.244 e. The summed E-state index contributed by atoms with van der Waals surface area (Å²) in [6.07, 6.45) is 1.58. The number of rotatable bonds is 4. The predicted molar refractivity (Wildman–Crippen MR) is 97.1 cm³/mol. The molecule has 5 nitrogen and oxygen atoms in total. The van der Waals surface area contributed by atoms with Crippen molar-refractivity contribution in [1.82, 2.24) is 9.46 Å². The zero-order valence-corrected chi connectivity index (χ0v) is 16.4. The van der Waals surface area contributed by atoms with Gasteiger partial charge in [0.05, 0.1) is 16.6 Å². The average molecular weight is 362 g/mol. The van der Waals surface area contributed by atoms with E-state index in [0.29, 0.717) is 17.2 Å². The first-order chi connectivity index (χ1) is 11.7. The van der Waals surface area contributed by atoms with Crippen LogP contribution in [0.5, 0.6) is 0 Å². The molecule has 1 aliphatic heterocycles. The van der Waals surface area contributed by atoms with E-state index in [1.54, 1.807) is 10.4 Å². The molecule has 0 spiro atoms. The lowest BCUT2D eigenvalue weighted by molar-refractivity contribution is 0.295. The van der Waals surface area contributed by atoms with Crippen molar-refractivity contribution in [2.75, 3.05) is 6.54 Å². The normalized spacial score (nSPS) is 19.0. The van der Waals surface area contributed by atoms with E-state index in [1.165, 1.54) is 0 Å². The first-order valence-corrected chi connectivity index (χ1v) is 10.2. The van der Waals surface area contributed by atoms with E-state index in [0.717, 1.165) is 35.2 Å². The smallest absolute Gasteiger partial charge is 0.244 e. The minimum absolute atomic E-state index is 0.256. The molecular formula is C19H26N2O3S. The number of aromatic nitrogens is 1. The van der Waals surface area contributed by atoms with Gasteiger partial charge in [-0.05, 0) is 62.3 Å². The van der Waals surface area contributed by atoms with Crippen molar-refractivity contribution in [3.05, 3.63) is 46.3 Å². The summed E-state index contributed by atoms with van der Waals surface area (Å²) in [6.45, 7) is 10.4. The summed E-state index contributed by atoms with van der Waals surface area (Å²) in [5.41, 5.74) is 3.74. The molecule has 0 bridgehead atoms. The SMILES string of the molecule is Cc1cc(C)c(S(=O)(=O)N2CCC[C@@H]2c2cc(C(C)C)no2)cc1C. The summed E-state index contributed by atoms with van der Waals surface area (Å²) >= 11 is 0. The van der Waals surface area contributed by atoms with Gasteiger partial charge in [0.25, 0.3) is 0 Å². The quantitative estimate of drug-likeness (QED) is 0.816. The minimum atomic E-state index is -3.57. The van der Waals surface area contributed by atoms with E-state index in [4.69, 9.17) is 4.52 Å². The highest BCUT2D eigenvalue weighted by Crippen LogP contribution is 2.38. The number of sulfonamides is 1. The van der Waals surface area contributed by atoms with Gasteiger partial charge in [-0.3, -0.25) is 0 Å². The number of aryl methyl sites for hydroxylation is 3. The molecule has 0 aliphatic carbocycles. The van der Waals surface area contributed by atoms with Gasteiger partial charge in [0, 0.05) is 12.6 Å². The van der Waals surface area contributed by atoms with Gasteiger partial charge >= 0.3 is 0 Å². The average Bonchev–Trinajstić information content (AvgIpc) is 3.18. The lowest BCUT2D eigenvalue weighted by atomic mass is 10.1. The molecule has 1 atom stereocenters. The zero-order valence-electron chi connectivity index (χ0n) is 15.5. The van der Waals surface area contributed by atoms with Gasteiger partial charge in [-0.2, -0.15) is 4.31 Å². The van der Waals surface area contributed by atoms with Crippen molar-refractivity contribution in [3.8, 4) is 0 Å². The molecule has 1 aromatic heterocycles. The van der Waals surface area contributed by atoms with E-state index < -0.39 is 10.0 Å². The molecule has 2 aromatic rings.